The normalized spacial score (nSPS) is 11.5. The van der Waals surface area contributed by atoms with Gasteiger partial charge in [0.25, 0.3) is 0 Å². The summed E-state index contributed by atoms with van der Waals surface area (Å²) in [4.78, 5) is 11.4. The molecule has 0 aliphatic heterocycles. The van der Waals surface area contributed by atoms with Crippen molar-refractivity contribution in [3.63, 3.8) is 0 Å². The molecule has 5 nitrogen and oxygen atoms in total. The van der Waals surface area contributed by atoms with E-state index >= 15 is 0 Å². The highest BCUT2D eigenvalue weighted by Gasteiger charge is 2.06. The summed E-state index contributed by atoms with van der Waals surface area (Å²) in [6.45, 7) is 6.66. The van der Waals surface area contributed by atoms with E-state index in [1.54, 1.807) is 18.4 Å². The topological polar surface area (TPSA) is 49.8 Å². The fraction of sp³-hybridized carbons (Fsp3) is 0.500. The molecule has 1 aromatic heterocycles. The maximum Gasteiger partial charge on any atom is 0.193 e. The number of unbranched alkanes of at least 4 members (excludes halogenated alkanes) is 1. The van der Waals surface area contributed by atoms with Crippen molar-refractivity contribution in [2.24, 2.45) is 4.99 Å². The van der Waals surface area contributed by atoms with Crippen molar-refractivity contribution in [2.75, 3.05) is 27.2 Å². The highest BCUT2D eigenvalue weighted by molar-refractivity contribution is 7.09. The predicted octanol–water partition coefficient (Wildman–Crippen LogP) is 3.88. The molecule has 1 N–H and O–H groups in total. The first kappa shape index (κ1) is 20.2. The third-order valence-electron chi connectivity index (χ3n) is 4.00. The van der Waals surface area contributed by atoms with E-state index in [-0.39, 0.29) is 0 Å². The maximum absolute atomic E-state index is 5.22. The Hall–Kier alpha value is -2.08. The third kappa shape index (κ3) is 6.67. The summed E-state index contributed by atoms with van der Waals surface area (Å²) in [6.07, 6.45) is 3.24. The number of nitrogens with one attached hydrogen (secondary N) is 1. The summed E-state index contributed by atoms with van der Waals surface area (Å²) in [6, 6.07) is 8.17. The summed E-state index contributed by atoms with van der Waals surface area (Å²) < 4.78 is 5.22. The van der Waals surface area contributed by atoms with Gasteiger partial charge in [0.15, 0.2) is 5.96 Å². The minimum absolute atomic E-state index is 0.814. The SMILES string of the molecule is CCNC(=NCCCCc1nc(C)cs1)N(C)Cc1ccc(OC)cc1. The van der Waals surface area contributed by atoms with Crippen LogP contribution in [0.5, 0.6) is 5.75 Å². The number of aromatic nitrogens is 1. The molecular weight excluding hydrogens is 344 g/mol. The molecule has 0 saturated carbocycles. The standard InChI is InChI=1S/C20H30N4OS/c1-5-21-20(22-13-7-6-8-19-23-16(2)15-26-19)24(3)14-17-9-11-18(25-4)12-10-17/h9-12,15H,5-8,13-14H2,1-4H3,(H,21,22). The average Bonchev–Trinajstić information content (AvgIpc) is 3.06. The minimum Gasteiger partial charge on any atom is -0.497 e. The second-order valence-corrected chi connectivity index (χ2v) is 7.22. The van der Waals surface area contributed by atoms with E-state index in [0.717, 1.165) is 56.3 Å². The van der Waals surface area contributed by atoms with Gasteiger partial charge in [0, 0.05) is 37.8 Å². The molecule has 26 heavy (non-hydrogen) atoms. The van der Waals surface area contributed by atoms with Crippen LogP contribution >= 0.6 is 11.3 Å². The summed E-state index contributed by atoms with van der Waals surface area (Å²) in [5.74, 6) is 1.83. The molecule has 0 bridgehead atoms. The van der Waals surface area contributed by atoms with Gasteiger partial charge in [-0.25, -0.2) is 4.98 Å². The summed E-state index contributed by atoms with van der Waals surface area (Å²) in [5.41, 5.74) is 2.36. The summed E-state index contributed by atoms with van der Waals surface area (Å²) in [5, 5.41) is 6.73. The van der Waals surface area contributed by atoms with Gasteiger partial charge < -0.3 is 15.0 Å². The van der Waals surface area contributed by atoms with Gasteiger partial charge in [-0.15, -0.1) is 11.3 Å². The zero-order valence-electron chi connectivity index (χ0n) is 16.3. The van der Waals surface area contributed by atoms with Gasteiger partial charge in [-0.2, -0.15) is 0 Å². The van der Waals surface area contributed by atoms with Crippen LogP contribution in [-0.2, 0) is 13.0 Å². The van der Waals surface area contributed by atoms with E-state index in [2.05, 4.69) is 46.7 Å². The molecule has 0 atom stereocenters. The zero-order chi connectivity index (χ0) is 18.8. The Morgan fingerprint density at radius 3 is 2.65 bits per heavy atom. The molecule has 0 saturated heterocycles. The Balaban J connectivity index is 1.81. The summed E-state index contributed by atoms with van der Waals surface area (Å²) in [7, 11) is 3.76. The number of aryl methyl sites for hydroxylation is 2. The van der Waals surface area contributed by atoms with Gasteiger partial charge in [-0.05, 0) is 50.8 Å². The number of nitrogens with zero attached hydrogens (tertiary/aromatic N) is 3. The van der Waals surface area contributed by atoms with Crippen LogP contribution in [-0.4, -0.2) is 43.1 Å². The molecule has 2 rings (SSSR count). The number of benzene rings is 1. The lowest BCUT2D eigenvalue weighted by Crippen LogP contribution is -2.38. The fourth-order valence-electron chi connectivity index (χ4n) is 2.64. The van der Waals surface area contributed by atoms with E-state index in [0.29, 0.717) is 0 Å². The van der Waals surface area contributed by atoms with Crippen molar-refractivity contribution in [3.8, 4) is 5.75 Å². The number of rotatable bonds is 9. The van der Waals surface area contributed by atoms with Crippen molar-refractivity contribution >= 4 is 17.3 Å². The number of guanidine groups is 1. The number of thiazole rings is 1. The van der Waals surface area contributed by atoms with Crippen LogP contribution in [0.2, 0.25) is 0 Å². The third-order valence-corrected chi connectivity index (χ3v) is 5.03. The van der Waals surface area contributed by atoms with Gasteiger partial charge in [-0.1, -0.05) is 12.1 Å². The van der Waals surface area contributed by atoms with Crippen molar-refractivity contribution in [1.82, 2.24) is 15.2 Å². The molecule has 0 radical (unpaired) electrons. The molecule has 142 valence electrons. The fourth-order valence-corrected chi connectivity index (χ4v) is 3.46. The molecule has 0 aliphatic rings. The lowest BCUT2D eigenvalue weighted by molar-refractivity contribution is 0.414. The molecule has 0 aliphatic carbocycles. The quantitative estimate of drug-likeness (QED) is 0.411. The molecule has 6 heteroatoms. The molecule has 0 spiro atoms. The van der Waals surface area contributed by atoms with E-state index in [1.807, 2.05) is 19.1 Å². The zero-order valence-corrected chi connectivity index (χ0v) is 17.1. The van der Waals surface area contributed by atoms with Crippen LogP contribution in [0.3, 0.4) is 0 Å². The monoisotopic (exact) mass is 374 g/mol. The Bertz CT molecular complexity index is 681. The lowest BCUT2D eigenvalue weighted by atomic mass is 10.2. The van der Waals surface area contributed by atoms with Crippen LogP contribution in [0, 0.1) is 6.92 Å². The van der Waals surface area contributed by atoms with E-state index in [9.17, 15) is 0 Å². The first-order chi connectivity index (χ1) is 12.6. The van der Waals surface area contributed by atoms with Gasteiger partial charge in [0.2, 0.25) is 0 Å². The second-order valence-electron chi connectivity index (χ2n) is 6.28. The number of hydrogen-bond acceptors (Lipinski definition) is 4. The smallest absolute Gasteiger partial charge is 0.193 e. The van der Waals surface area contributed by atoms with Gasteiger partial charge in [-0.3, -0.25) is 4.99 Å². The Kier molecular flexibility index (Phi) is 8.41. The average molecular weight is 375 g/mol. The Morgan fingerprint density at radius 1 is 1.27 bits per heavy atom. The highest BCUT2D eigenvalue weighted by Crippen LogP contribution is 2.13. The van der Waals surface area contributed by atoms with Crippen molar-refractivity contribution < 1.29 is 4.74 Å². The van der Waals surface area contributed by atoms with Crippen molar-refractivity contribution in [1.29, 1.82) is 0 Å². The first-order valence-corrected chi connectivity index (χ1v) is 10.0. The van der Waals surface area contributed by atoms with Gasteiger partial charge in [0.05, 0.1) is 12.1 Å². The van der Waals surface area contributed by atoms with E-state index < -0.39 is 0 Å². The van der Waals surface area contributed by atoms with Crippen LogP contribution in [0.1, 0.15) is 36.0 Å². The molecule has 1 heterocycles. The number of aliphatic imine (C=N–C) groups is 1. The molecule has 0 fully saturated rings. The largest absolute Gasteiger partial charge is 0.497 e. The Labute approximate surface area is 161 Å². The van der Waals surface area contributed by atoms with Crippen LogP contribution in [0.25, 0.3) is 0 Å². The first-order valence-electron chi connectivity index (χ1n) is 9.15. The van der Waals surface area contributed by atoms with Crippen LogP contribution in [0.15, 0.2) is 34.6 Å². The van der Waals surface area contributed by atoms with Crippen LogP contribution < -0.4 is 10.1 Å². The molecule has 1 aromatic carbocycles. The van der Waals surface area contributed by atoms with E-state index in [1.165, 1.54) is 10.6 Å². The maximum atomic E-state index is 5.22. The number of methoxy groups -OCH3 is 1. The van der Waals surface area contributed by atoms with E-state index in [4.69, 9.17) is 9.73 Å². The van der Waals surface area contributed by atoms with Crippen molar-refractivity contribution in [3.05, 3.63) is 45.9 Å². The molecular formula is C20H30N4OS. The van der Waals surface area contributed by atoms with Gasteiger partial charge in [0.1, 0.15) is 5.75 Å². The molecule has 0 unspecified atom stereocenters. The van der Waals surface area contributed by atoms with Gasteiger partial charge >= 0.3 is 0 Å². The number of hydrogen-bond donors (Lipinski definition) is 1. The second kappa shape index (κ2) is 10.8. The minimum atomic E-state index is 0.814. The Morgan fingerprint density at radius 2 is 2.04 bits per heavy atom. The predicted molar refractivity (Wildman–Crippen MR) is 110 cm³/mol. The van der Waals surface area contributed by atoms with Crippen LogP contribution in [0.4, 0.5) is 0 Å². The summed E-state index contributed by atoms with van der Waals surface area (Å²) >= 11 is 1.75. The lowest BCUT2D eigenvalue weighted by Gasteiger charge is -2.22. The number of ether oxygens (including phenoxy) is 1. The highest BCUT2D eigenvalue weighted by atomic mass is 32.1. The molecule has 2 aromatic rings. The van der Waals surface area contributed by atoms with Crippen molar-refractivity contribution in [2.45, 2.75) is 39.7 Å². The molecule has 0 amide bonds.